The highest BCUT2D eigenvalue weighted by Crippen LogP contribution is 2.28. The zero-order valence-corrected chi connectivity index (χ0v) is 5.34. The average molecular weight is 128 g/mol. The molecule has 9 heavy (non-hydrogen) atoms. The number of carbonyl (C=O) groups is 1. The molecule has 1 amide bonds. The van der Waals surface area contributed by atoms with Crippen LogP contribution < -0.4 is 11.5 Å². The van der Waals surface area contributed by atoms with Crippen LogP contribution in [-0.4, -0.2) is 11.9 Å². The number of hydrogen-bond donors (Lipinski definition) is 2. The lowest BCUT2D eigenvalue weighted by atomic mass is 9.80. The Labute approximate surface area is 54.4 Å². The van der Waals surface area contributed by atoms with Crippen molar-refractivity contribution in [3.8, 4) is 0 Å². The van der Waals surface area contributed by atoms with E-state index in [1.807, 2.05) is 0 Å². The van der Waals surface area contributed by atoms with E-state index in [1.54, 1.807) is 0 Å². The predicted octanol–water partition coefficient (Wildman–Crippen LogP) is -0.401. The van der Waals surface area contributed by atoms with Crippen LogP contribution in [0, 0.1) is 5.92 Å². The lowest BCUT2D eigenvalue weighted by Crippen LogP contribution is -2.45. The van der Waals surface area contributed by atoms with Crippen LogP contribution in [0.4, 0.5) is 0 Å². The fourth-order valence-corrected chi connectivity index (χ4v) is 1.03. The second-order valence-electron chi connectivity index (χ2n) is 2.62. The van der Waals surface area contributed by atoms with E-state index in [2.05, 4.69) is 0 Å². The minimum Gasteiger partial charge on any atom is -0.368 e. The number of rotatable bonds is 2. The van der Waals surface area contributed by atoms with E-state index >= 15 is 0 Å². The van der Waals surface area contributed by atoms with Gasteiger partial charge >= 0.3 is 0 Å². The van der Waals surface area contributed by atoms with Crippen molar-refractivity contribution >= 4 is 5.91 Å². The Bertz CT molecular complexity index is 120. The molecule has 52 valence electrons. The Hall–Kier alpha value is -0.570. The molecular formula is C6H12N2O. The van der Waals surface area contributed by atoms with Crippen LogP contribution in [0.3, 0.4) is 0 Å². The maximum Gasteiger partial charge on any atom is 0.234 e. The third kappa shape index (κ3) is 1.21. The van der Waals surface area contributed by atoms with Crippen LogP contribution in [0.5, 0.6) is 0 Å². The molecule has 0 heterocycles. The standard InChI is InChI=1S/C6H12N2O/c7-5(6(8)9)4-2-1-3-4/h4-5H,1-3,7H2,(H2,8,9)/t5-/m0/s1. The molecule has 0 radical (unpaired) electrons. The third-order valence-electron chi connectivity index (χ3n) is 1.99. The zero-order chi connectivity index (χ0) is 6.85. The second-order valence-corrected chi connectivity index (χ2v) is 2.62. The van der Waals surface area contributed by atoms with Gasteiger partial charge in [0.05, 0.1) is 6.04 Å². The molecule has 0 aromatic carbocycles. The number of carbonyl (C=O) groups excluding carboxylic acids is 1. The minimum absolute atomic E-state index is 0.361. The Morgan fingerprint density at radius 3 is 2.22 bits per heavy atom. The normalized spacial score (nSPS) is 22.8. The van der Waals surface area contributed by atoms with Gasteiger partial charge in [0.25, 0.3) is 0 Å². The van der Waals surface area contributed by atoms with Gasteiger partial charge in [0.15, 0.2) is 0 Å². The Kier molecular flexibility index (Phi) is 1.71. The van der Waals surface area contributed by atoms with Gasteiger partial charge in [-0.25, -0.2) is 0 Å². The van der Waals surface area contributed by atoms with Crippen LogP contribution in [0.2, 0.25) is 0 Å². The van der Waals surface area contributed by atoms with E-state index in [9.17, 15) is 4.79 Å². The molecule has 1 saturated carbocycles. The highest BCUT2D eigenvalue weighted by Gasteiger charge is 2.27. The summed E-state index contributed by atoms with van der Waals surface area (Å²) in [5, 5.41) is 0. The van der Waals surface area contributed by atoms with E-state index in [-0.39, 0.29) is 5.91 Å². The van der Waals surface area contributed by atoms with Gasteiger partial charge in [0.2, 0.25) is 5.91 Å². The molecule has 3 heteroatoms. The van der Waals surface area contributed by atoms with Crippen LogP contribution in [0.1, 0.15) is 19.3 Å². The van der Waals surface area contributed by atoms with Gasteiger partial charge < -0.3 is 11.5 Å². The molecule has 0 aromatic rings. The molecule has 1 aliphatic carbocycles. The van der Waals surface area contributed by atoms with Crippen LogP contribution in [0.25, 0.3) is 0 Å². The van der Waals surface area contributed by atoms with Gasteiger partial charge in [-0.15, -0.1) is 0 Å². The average Bonchev–Trinajstić information content (AvgIpc) is 1.60. The molecule has 0 bridgehead atoms. The van der Waals surface area contributed by atoms with Crippen LogP contribution in [-0.2, 0) is 4.79 Å². The predicted molar refractivity (Wildman–Crippen MR) is 34.5 cm³/mol. The molecule has 0 aromatic heterocycles. The highest BCUT2D eigenvalue weighted by molar-refractivity contribution is 5.80. The van der Waals surface area contributed by atoms with Crippen molar-refractivity contribution in [3.63, 3.8) is 0 Å². The van der Waals surface area contributed by atoms with Crippen molar-refractivity contribution in [1.29, 1.82) is 0 Å². The van der Waals surface area contributed by atoms with E-state index in [0.29, 0.717) is 5.92 Å². The van der Waals surface area contributed by atoms with Crippen LogP contribution >= 0.6 is 0 Å². The number of primary amides is 1. The first-order valence-electron chi connectivity index (χ1n) is 3.26. The molecule has 0 aliphatic heterocycles. The Morgan fingerprint density at radius 1 is 1.56 bits per heavy atom. The van der Waals surface area contributed by atoms with Gasteiger partial charge in [-0.3, -0.25) is 4.79 Å². The first-order chi connectivity index (χ1) is 4.22. The fraction of sp³-hybridized carbons (Fsp3) is 0.833. The first-order valence-corrected chi connectivity index (χ1v) is 3.26. The summed E-state index contributed by atoms with van der Waals surface area (Å²) in [6.45, 7) is 0. The highest BCUT2D eigenvalue weighted by atomic mass is 16.1. The van der Waals surface area contributed by atoms with E-state index in [4.69, 9.17) is 11.5 Å². The number of hydrogen-bond acceptors (Lipinski definition) is 2. The maximum absolute atomic E-state index is 10.4. The van der Waals surface area contributed by atoms with Crippen molar-refractivity contribution in [2.75, 3.05) is 0 Å². The quantitative estimate of drug-likeness (QED) is 0.531. The summed E-state index contributed by atoms with van der Waals surface area (Å²) in [7, 11) is 0. The topological polar surface area (TPSA) is 69.1 Å². The molecule has 0 saturated heterocycles. The summed E-state index contributed by atoms with van der Waals surface area (Å²) in [5.41, 5.74) is 10.4. The smallest absolute Gasteiger partial charge is 0.234 e. The third-order valence-corrected chi connectivity index (χ3v) is 1.99. The fourth-order valence-electron chi connectivity index (χ4n) is 1.03. The second kappa shape index (κ2) is 2.35. The van der Waals surface area contributed by atoms with Crippen molar-refractivity contribution < 1.29 is 4.79 Å². The first kappa shape index (κ1) is 6.55. The Balaban J connectivity index is 2.32. The lowest BCUT2D eigenvalue weighted by Gasteiger charge is -2.28. The summed E-state index contributed by atoms with van der Waals surface area (Å²) in [4.78, 5) is 10.4. The van der Waals surface area contributed by atoms with Gasteiger partial charge in [0.1, 0.15) is 0 Å². The van der Waals surface area contributed by atoms with E-state index < -0.39 is 6.04 Å². The SMILES string of the molecule is NC(=O)[C@@H](N)C1CCC1. The summed E-state index contributed by atoms with van der Waals surface area (Å²) in [5.74, 6) is 0.0159. The monoisotopic (exact) mass is 128 g/mol. The van der Waals surface area contributed by atoms with Crippen LogP contribution in [0.15, 0.2) is 0 Å². The summed E-state index contributed by atoms with van der Waals surface area (Å²) >= 11 is 0. The maximum atomic E-state index is 10.4. The largest absolute Gasteiger partial charge is 0.368 e. The van der Waals surface area contributed by atoms with Crippen molar-refractivity contribution in [2.24, 2.45) is 17.4 Å². The minimum atomic E-state index is -0.390. The molecule has 1 aliphatic rings. The van der Waals surface area contributed by atoms with E-state index in [1.165, 1.54) is 6.42 Å². The molecule has 0 spiro atoms. The molecule has 4 N–H and O–H groups in total. The number of amides is 1. The number of nitrogens with two attached hydrogens (primary N) is 2. The molecule has 1 atom stereocenters. The van der Waals surface area contributed by atoms with E-state index in [0.717, 1.165) is 12.8 Å². The van der Waals surface area contributed by atoms with Crippen molar-refractivity contribution in [2.45, 2.75) is 25.3 Å². The van der Waals surface area contributed by atoms with Gasteiger partial charge in [-0.05, 0) is 18.8 Å². The lowest BCUT2D eigenvalue weighted by molar-refractivity contribution is -0.121. The van der Waals surface area contributed by atoms with Gasteiger partial charge in [-0.2, -0.15) is 0 Å². The van der Waals surface area contributed by atoms with Gasteiger partial charge in [-0.1, -0.05) is 6.42 Å². The molecule has 3 nitrogen and oxygen atoms in total. The summed E-state index contributed by atoms with van der Waals surface area (Å²) in [6, 6.07) is -0.390. The summed E-state index contributed by atoms with van der Waals surface area (Å²) in [6.07, 6.45) is 3.35. The molecule has 1 fully saturated rings. The van der Waals surface area contributed by atoms with Crippen molar-refractivity contribution in [1.82, 2.24) is 0 Å². The zero-order valence-electron chi connectivity index (χ0n) is 5.34. The molecule has 0 unspecified atom stereocenters. The van der Waals surface area contributed by atoms with Gasteiger partial charge in [0, 0.05) is 0 Å². The van der Waals surface area contributed by atoms with Crippen molar-refractivity contribution in [3.05, 3.63) is 0 Å². The molecule has 1 rings (SSSR count). The molecular weight excluding hydrogens is 116 g/mol. The Morgan fingerprint density at radius 2 is 2.11 bits per heavy atom. The summed E-state index contributed by atoms with van der Waals surface area (Å²) < 4.78 is 0.